The number of H-pyrrole nitrogens is 1. The summed E-state index contributed by atoms with van der Waals surface area (Å²) < 4.78 is 4.76. The molecule has 2 rings (SSSR count). The molecule has 21 heavy (non-hydrogen) atoms. The first kappa shape index (κ1) is 14.7. The highest BCUT2D eigenvalue weighted by molar-refractivity contribution is 5.80. The Labute approximate surface area is 120 Å². The Morgan fingerprint density at radius 1 is 1.33 bits per heavy atom. The third kappa shape index (κ3) is 3.88. The van der Waals surface area contributed by atoms with Crippen molar-refractivity contribution in [3.8, 4) is 0 Å². The van der Waals surface area contributed by atoms with E-state index in [-0.39, 0.29) is 30.9 Å². The van der Waals surface area contributed by atoms with Gasteiger partial charge in [0.25, 0.3) is 11.5 Å². The van der Waals surface area contributed by atoms with E-state index in [1.165, 1.54) is 7.05 Å². The van der Waals surface area contributed by atoms with Gasteiger partial charge in [0.05, 0.1) is 17.3 Å². The number of carbonyl (C=O) groups is 2. The van der Waals surface area contributed by atoms with Crippen LogP contribution in [0.15, 0.2) is 29.1 Å². The summed E-state index contributed by atoms with van der Waals surface area (Å²) in [6, 6.07) is 6.96. The maximum Gasteiger partial charge on any atom is 0.306 e. The number of fused-ring (bicyclic) bond motifs is 1. The second kappa shape index (κ2) is 6.65. The predicted octanol–water partition coefficient (Wildman–Crippen LogP) is 0.145. The van der Waals surface area contributed by atoms with Gasteiger partial charge in [0.1, 0.15) is 5.82 Å². The highest BCUT2D eigenvalue weighted by atomic mass is 16.5. The summed E-state index contributed by atoms with van der Waals surface area (Å²) in [5, 5.41) is 2.85. The number of para-hydroxylation sites is 1. The molecular weight excluding hydrogens is 274 g/mol. The lowest BCUT2D eigenvalue weighted by molar-refractivity contribution is -0.148. The van der Waals surface area contributed by atoms with Gasteiger partial charge in [0, 0.05) is 13.5 Å². The van der Waals surface area contributed by atoms with Crippen molar-refractivity contribution in [2.45, 2.75) is 12.8 Å². The van der Waals surface area contributed by atoms with E-state index in [9.17, 15) is 14.4 Å². The zero-order chi connectivity index (χ0) is 15.2. The van der Waals surface area contributed by atoms with Gasteiger partial charge in [-0.15, -0.1) is 0 Å². The van der Waals surface area contributed by atoms with E-state index in [1.54, 1.807) is 24.3 Å². The van der Waals surface area contributed by atoms with Crippen LogP contribution in [0.1, 0.15) is 12.2 Å². The Morgan fingerprint density at radius 2 is 2.10 bits per heavy atom. The molecule has 0 atom stereocenters. The van der Waals surface area contributed by atoms with E-state index < -0.39 is 5.97 Å². The van der Waals surface area contributed by atoms with Crippen LogP contribution < -0.4 is 10.9 Å². The first-order valence-electron chi connectivity index (χ1n) is 6.44. The maximum absolute atomic E-state index is 11.8. The van der Waals surface area contributed by atoms with Crippen LogP contribution >= 0.6 is 0 Å². The Kier molecular flexibility index (Phi) is 4.65. The molecule has 1 aromatic heterocycles. The van der Waals surface area contributed by atoms with Gasteiger partial charge in [-0.2, -0.15) is 0 Å². The average Bonchev–Trinajstić information content (AvgIpc) is 2.50. The summed E-state index contributed by atoms with van der Waals surface area (Å²) in [5.41, 5.74) is 0.337. The minimum absolute atomic E-state index is 0.0400. The van der Waals surface area contributed by atoms with Crippen LogP contribution in [0.3, 0.4) is 0 Å². The monoisotopic (exact) mass is 289 g/mol. The summed E-state index contributed by atoms with van der Waals surface area (Å²) in [4.78, 5) is 41.1. The molecule has 0 aliphatic heterocycles. The maximum atomic E-state index is 11.8. The molecule has 0 aliphatic rings. The minimum Gasteiger partial charge on any atom is -0.456 e. The second-order valence-electron chi connectivity index (χ2n) is 4.36. The molecule has 2 N–H and O–H groups in total. The molecule has 0 saturated carbocycles. The van der Waals surface area contributed by atoms with Crippen LogP contribution in [0.2, 0.25) is 0 Å². The smallest absolute Gasteiger partial charge is 0.306 e. The summed E-state index contributed by atoms with van der Waals surface area (Å²) in [6.45, 7) is -0.309. The SMILES string of the molecule is CNC(=O)COC(=O)CCc1nc2ccccc2c(=O)[nH]1. The summed E-state index contributed by atoms with van der Waals surface area (Å²) >= 11 is 0. The number of esters is 1. The van der Waals surface area contributed by atoms with E-state index in [0.717, 1.165) is 0 Å². The minimum atomic E-state index is -0.519. The largest absolute Gasteiger partial charge is 0.456 e. The fraction of sp³-hybridized carbons (Fsp3) is 0.286. The van der Waals surface area contributed by atoms with Gasteiger partial charge in [-0.05, 0) is 12.1 Å². The Morgan fingerprint density at radius 3 is 2.86 bits per heavy atom. The van der Waals surface area contributed by atoms with Crippen LogP contribution in [0.25, 0.3) is 10.9 Å². The number of aromatic amines is 1. The molecule has 7 heteroatoms. The molecule has 0 saturated heterocycles. The molecule has 110 valence electrons. The van der Waals surface area contributed by atoms with Gasteiger partial charge in [0.15, 0.2) is 6.61 Å². The number of amides is 1. The quantitative estimate of drug-likeness (QED) is 0.763. The summed E-state index contributed by atoms with van der Waals surface area (Å²) in [6.07, 6.45) is 0.283. The normalized spacial score (nSPS) is 10.3. The van der Waals surface area contributed by atoms with Crippen LogP contribution in [0.5, 0.6) is 0 Å². The molecular formula is C14H15N3O4. The molecule has 0 aliphatic carbocycles. The fourth-order valence-corrected chi connectivity index (χ4v) is 1.76. The van der Waals surface area contributed by atoms with Crippen LogP contribution in [-0.4, -0.2) is 35.5 Å². The van der Waals surface area contributed by atoms with Gasteiger partial charge in [-0.3, -0.25) is 14.4 Å². The van der Waals surface area contributed by atoms with E-state index in [2.05, 4.69) is 15.3 Å². The van der Waals surface area contributed by atoms with Crippen LogP contribution in [0, 0.1) is 0 Å². The van der Waals surface area contributed by atoms with Crippen LogP contribution in [0.4, 0.5) is 0 Å². The summed E-state index contributed by atoms with van der Waals surface area (Å²) in [7, 11) is 1.46. The van der Waals surface area contributed by atoms with Crippen molar-refractivity contribution in [3.05, 3.63) is 40.4 Å². The lowest BCUT2D eigenvalue weighted by Crippen LogP contribution is -2.25. The van der Waals surface area contributed by atoms with Crippen molar-refractivity contribution in [1.29, 1.82) is 0 Å². The molecule has 0 bridgehead atoms. The average molecular weight is 289 g/mol. The lowest BCUT2D eigenvalue weighted by Gasteiger charge is -2.04. The Bertz CT molecular complexity index is 723. The van der Waals surface area contributed by atoms with Gasteiger partial charge in [0.2, 0.25) is 0 Å². The van der Waals surface area contributed by atoms with Crippen molar-refractivity contribution in [2.24, 2.45) is 0 Å². The zero-order valence-electron chi connectivity index (χ0n) is 11.5. The molecule has 1 heterocycles. The number of benzene rings is 1. The van der Waals surface area contributed by atoms with Crippen molar-refractivity contribution in [2.75, 3.05) is 13.7 Å². The Hall–Kier alpha value is -2.70. The molecule has 0 radical (unpaired) electrons. The number of ether oxygens (including phenoxy) is 1. The van der Waals surface area contributed by atoms with E-state index >= 15 is 0 Å². The fourth-order valence-electron chi connectivity index (χ4n) is 1.76. The highest BCUT2D eigenvalue weighted by Crippen LogP contribution is 2.06. The third-order valence-electron chi connectivity index (χ3n) is 2.87. The van der Waals surface area contributed by atoms with Crippen molar-refractivity contribution in [3.63, 3.8) is 0 Å². The molecule has 2 aromatic rings. The summed E-state index contributed by atoms with van der Waals surface area (Å²) in [5.74, 6) is -0.481. The number of rotatable bonds is 5. The number of hydrogen-bond donors (Lipinski definition) is 2. The Balaban J connectivity index is 1.99. The van der Waals surface area contributed by atoms with Gasteiger partial charge < -0.3 is 15.0 Å². The molecule has 1 aromatic carbocycles. The number of carbonyl (C=O) groups excluding carboxylic acids is 2. The number of likely N-dealkylation sites (N-methyl/N-ethyl adjacent to an activating group) is 1. The van der Waals surface area contributed by atoms with Gasteiger partial charge in [-0.25, -0.2) is 4.98 Å². The third-order valence-corrected chi connectivity index (χ3v) is 2.87. The zero-order valence-corrected chi connectivity index (χ0v) is 11.5. The van der Waals surface area contributed by atoms with E-state index in [0.29, 0.717) is 16.7 Å². The molecule has 0 unspecified atom stereocenters. The highest BCUT2D eigenvalue weighted by Gasteiger charge is 2.09. The molecule has 0 fully saturated rings. The first-order valence-corrected chi connectivity index (χ1v) is 6.44. The molecule has 0 spiro atoms. The predicted molar refractivity (Wildman–Crippen MR) is 75.7 cm³/mol. The van der Waals surface area contributed by atoms with Crippen molar-refractivity contribution >= 4 is 22.8 Å². The standard InChI is InChI=1S/C14H15N3O4/c1-15-12(18)8-21-13(19)7-6-11-16-10-5-3-2-4-9(10)14(20)17-11/h2-5H,6-8H2,1H3,(H,15,18)(H,16,17,20). The molecule has 1 amide bonds. The number of aromatic nitrogens is 2. The lowest BCUT2D eigenvalue weighted by atomic mass is 10.2. The van der Waals surface area contributed by atoms with E-state index in [4.69, 9.17) is 4.74 Å². The van der Waals surface area contributed by atoms with Crippen LogP contribution in [-0.2, 0) is 20.7 Å². The van der Waals surface area contributed by atoms with Gasteiger partial charge >= 0.3 is 5.97 Å². The number of aryl methyl sites for hydroxylation is 1. The van der Waals surface area contributed by atoms with Gasteiger partial charge in [-0.1, -0.05) is 12.1 Å². The van der Waals surface area contributed by atoms with E-state index in [1.807, 2.05) is 0 Å². The number of nitrogens with zero attached hydrogens (tertiary/aromatic N) is 1. The molecule has 7 nitrogen and oxygen atoms in total. The first-order chi connectivity index (χ1) is 10.1. The second-order valence-corrected chi connectivity index (χ2v) is 4.36. The number of hydrogen-bond acceptors (Lipinski definition) is 5. The van der Waals surface area contributed by atoms with Crippen molar-refractivity contribution in [1.82, 2.24) is 15.3 Å². The number of nitrogens with one attached hydrogen (secondary N) is 2. The van der Waals surface area contributed by atoms with Crippen molar-refractivity contribution < 1.29 is 14.3 Å². The topological polar surface area (TPSA) is 101 Å².